The average molecular weight is 231 g/mol. The molecule has 1 aliphatic rings. The highest BCUT2D eigenvalue weighted by Crippen LogP contribution is 2.21. The third kappa shape index (κ3) is 7.20. The smallest absolute Gasteiger partial charge is 0.128 e. The van der Waals surface area contributed by atoms with Gasteiger partial charge in [-0.1, -0.05) is 51.4 Å². The van der Waals surface area contributed by atoms with Crippen LogP contribution in [0, 0.1) is 5.92 Å². The lowest BCUT2D eigenvalue weighted by Crippen LogP contribution is -2.23. The molecule has 1 unspecified atom stereocenters. The first kappa shape index (κ1) is 13.3. The van der Waals surface area contributed by atoms with Crippen molar-refractivity contribution in [2.75, 3.05) is 5.75 Å². The van der Waals surface area contributed by atoms with Gasteiger partial charge in [-0.2, -0.15) is 5.14 Å². The zero-order valence-electron chi connectivity index (χ0n) is 9.75. The summed E-state index contributed by atoms with van der Waals surface area (Å²) in [5.74, 6) is 1.34. The monoisotopic (exact) mass is 231 g/mol. The van der Waals surface area contributed by atoms with Gasteiger partial charge in [0.2, 0.25) is 0 Å². The van der Waals surface area contributed by atoms with Crippen LogP contribution in [0.4, 0.5) is 0 Å². The summed E-state index contributed by atoms with van der Waals surface area (Å²) in [5.41, 5.74) is 0. The maximum atomic E-state index is 11.0. The predicted molar refractivity (Wildman–Crippen MR) is 66.9 cm³/mol. The van der Waals surface area contributed by atoms with Crippen molar-refractivity contribution in [1.29, 1.82) is 0 Å². The van der Waals surface area contributed by atoms with E-state index in [0.717, 1.165) is 5.75 Å². The third-order valence-electron chi connectivity index (χ3n) is 3.37. The molecular formula is C12H25NOS. The van der Waals surface area contributed by atoms with E-state index in [9.17, 15) is 4.55 Å². The Balaban J connectivity index is 2.25. The lowest BCUT2D eigenvalue weighted by molar-refractivity contribution is 0.444. The summed E-state index contributed by atoms with van der Waals surface area (Å²) in [5, 5.41) is 5.39. The second-order valence-corrected chi connectivity index (χ2v) is 5.91. The van der Waals surface area contributed by atoms with Crippen LogP contribution in [-0.4, -0.2) is 10.3 Å². The largest absolute Gasteiger partial charge is 0.598 e. The Bertz CT molecular complexity index is 141. The molecule has 0 heterocycles. The molecule has 0 saturated heterocycles. The fourth-order valence-corrected chi connectivity index (χ4v) is 3.27. The van der Waals surface area contributed by atoms with Gasteiger partial charge in [-0.15, -0.1) is 0 Å². The van der Waals surface area contributed by atoms with Crippen molar-refractivity contribution >= 4 is 11.4 Å². The van der Waals surface area contributed by atoms with Gasteiger partial charge in [0.15, 0.2) is 0 Å². The number of nitrogens with two attached hydrogens (primary N) is 1. The molecule has 90 valence electrons. The van der Waals surface area contributed by atoms with Crippen LogP contribution >= 0.6 is 0 Å². The molecule has 1 fully saturated rings. The van der Waals surface area contributed by atoms with Gasteiger partial charge in [0.25, 0.3) is 0 Å². The highest BCUT2D eigenvalue weighted by atomic mass is 32.2. The van der Waals surface area contributed by atoms with Crippen LogP contribution in [0.1, 0.15) is 64.2 Å². The van der Waals surface area contributed by atoms with Crippen LogP contribution in [0.2, 0.25) is 0 Å². The SMILES string of the molecule is N[S+]([O-])CC1CCCCCCCCCC1. The van der Waals surface area contributed by atoms with Crippen LogP contribution in [0.3, 0.4) is 0 Å². The van der Waals surface area contributed by atoms with E-state index < -0.39 is 11.4 Å². The van der Waals surface area contributed by atoms with Crippen molar-refractivity contribution in [3.63, 3.8) is 0 Å². The van der Waals surface area contributed by atoms with E-state index in [1.165, 1.54) is 64.2 Å². The van der Waals surface area contributed by atoms with Crippen molar-refractivity contribution in [1.82, 2.24) is 0 Å². The minimum Gasteiger partial charge on any atom is -0.598 e. The minimum absolute atomic E-state index is 0.619. The third-order valence-corrected chi connectivity index (χ3v) is 4.17. The molecule has 0 aromatic heterocycles. The summed E-state index contributed by atoms with van der Waals surface area (Å²) in [6.45, 7) is 0. The van der Waals surface area contributed by atoms with E-state index in [4.69, 9.17) is 5.14 Å². The first-order valence-corrected chi connectivity index (χ1v) is 7.80. The van der Waals surface area contributed by atoms with E-state index >= 15 is 0 Å². The van der Waals surface area contributed by atoms with Crippen LogP contribution in [0.15, 0.2) is 0 Å². The molecule has 0 aromatic rings. The van der Waals surface area contributed by atoms with Crippen LogP contribution in [-0.2, 0) is 11.4 Å². The number of hydrogen-bond acceptors (Lipinski definition) is 2. The van der Waals surface area contributed by atoms with Gasteiger partial charge in [-0.05, 0) is 12.8 Å². The van der Waals surface area contributed by atoms with E-state index in [1.807, 2.05) is 0 Å². The fourth-order valence-electron chi connectivity index (χ4n) is 2.47. The predicted octanol–water partition coefficient (Wildman–Crippen LogP) is 3.14. The van der Waals surface area contributed by atoms with Gasteiger partial charge in [0.1, 0.15) is 5.75 Å². The van der Waals surface area contributed by atoms with Gasteiger partial charge in [0, 0.05) is 17.3 Å². The summed E-state index contributed by atoms with van der Waals surface area (Å²) in [6, 6.07) is 0. The molecule has 15 heavy (non-hydrogen) atoms. The van der Waals surface area contributed by atoms with E-state index in [0.29, 0.717) is 5.92 Å². The highest BCUT2D eigenvalue weighted by Gasteiger charge is 2.14. The highest BCUT2D eigenvalue weighted by molar-refractivity contribution is 7.89. The minimum atomic E-state index is -1.09. The van der Waals surface area contributed by atoms with Crippen molar-refractivity contribution in [3.8, 4) is 0 Å². The second-order valence-electron chi connectivity index (χ2n) is 4.82. The number of hydrogen-bond donors (Lipinski definition) is 1. The molecule has 2 nitrogen and oxygen atoms in total. The molecule has 0 aromatic carbocycles. The maximum Gasteiger partial charge on any atom is 0.128 e. The molecule has 1 aliphatic carbocycles. The Labute approximate surface area is 97.3 Å². The van der Waals surface area contributed by atoms with Crippen molar-refractivity contribution < 1.29 is 4.55 Å². The molecular weight excluding hydrogens is 206 g/mol. The quantitative estimate of drug-likeness (QED) is 0.742. The summed E-state index contributed by atoms with van der Waals surface area (Å²) < 4.78 is 11.0. The first-order valence-electron chi connectivity index (χ1n) is 6.42. The van der Waals surface area contributed by atoms with Crippen LogP contribution in [0.25, 0.3) is 0 Å². The summed E-state index contributed by atoms with van der Waals surface area (Å²) in [7, 11) is 0. The first-order chi connectivity index (χ1) is 7.29. The molecule has 1 rings (SSSR count). The standard InChI is InChI=1S/C12H25NOS/c13-15(14)11-12-9-7-5-3-1-2-4-6-8-10-12/h12H,1-11,13H2. The molecule has 0 bridgehead atoms. The van der Waals surface area contributed by atoms with Gasteiger partial charge < -0.3 is 4.55 Å². The van der Waals surface area contributed by atoms with E-state index in [1.54, 1.807) is 0 Å². The average Bonchev–Trinajstić information content (AvgIpc) is 2.23. The Kier molecular flexibility index (Phi) is 7.49. The lowest BCUT2D eigenvalue weighted by atomic mass is 9.97. The molecule has 0 aliphatic heterocycles. The lowest BCUT2D eigenvalue weighted by Gasteiger charge is -2.15. The van der Waals surface area contributed by atoms with E-state index in [2.05, 4.69) is 0 Å². The summed E-state index contributed by atoms with van der Waals surface area (Å²) >= 11 is -1.09. The Morgan fingerprint density at radius 2 is 1.27 bits per heavy atom. The maximum absolute atomic E-state index is 11.0. The normalized spacial score (nSPS) is 24.4. The molecule has 0 radical (unpaired) electrons. The molecule has 0 spiro atoms. The summed E-state index contributed by atoms with van der Waals surface area (Å²) in [4.78, 5) is 0. The number of rotatable bonds is 2. The van der Waals surface area contributed by atoms with Gasteiger partial charge in [0.05, 0.1) is 0 Å². The Morgan fingerprint density at radius 1 is 0.867 bits per heavy atom. The summed E-state index contributed by atoms with van der Waals surface area (Å²) in [6.07, 6.45) is 13.4. The zero-order chi connectivity index (χ0) is 10.9. The molecule has 0 amide bonds. The van der Waals surface area contributed by atoms with Crippen molar-refractivity contribution in [3.05, 3.63) is 0 Å². The van der Waals surface area contributed by atoms with Crippen LogP contribution < -0.4 is 5.14 Å². The zero-order valence-corrected chi connectivity index (χ0v) is 10.6. The molecule has 3 heteroatoms. The van der Waals surface area contributed by atoms with Crippen molar-refractivity contribution in [2.24, 2.45) is 11.1 Å². The topological polar surface area (TPSA) is 49.1 Å². The van der Waals surface area contributed by atoms with Gasteiger partial charge >= 0.3 is 0 Å². The fraction of sp³-hybridized carbons (Fsp3) is 1.00. The molecule has 1 atom stereocenters. The van der Waals surface area contributed by atoms with Gasteiger partial charge in [-0.3, -0.25) is 0 Å². The molecule has 1 saturated carbocycles. The molecule has 2 N–H and O–H groups in total. The van der Waals surface area contributed by atoms with Crippen LogP contribution in [0.5, 0.6) is 0 Å². The second kappa shape index (κ2) is 8.43. The Hall–Kier alpha value is 0.270. The Morgan fingerprint density at radius 3 is 1.67 bits per heavy atom. The van der Waals surface area contributed by atoms with E-state index in [-0.39, 0.29) is 0 Å². The van der Waals surface area contributed by atoms with Gasteiger partial charge in [-0.25, -0.2) is 0 Å². The van der Waals surface area contributed by atoms with Crippen molar-refractivity contribution in [2.45, 2.75) is 64.2 Å².